The number of imidazole rings is 1. The first-order chi connectivity index (χ1) is 25.6. The maximum atomic E-state index is 13.9. The fraction of sp³-hybridized carbons (Fsp3) is 0.455. The van der Waals surface area contributed by atoms with E-state index in [-0.39, 0.29) is 38.2 Å². The summed E-state index contributed by atoms with van der Waals surface area (Å²) in [7, 11) is 0. The first kappa shape index (κ1) is 43.8. The molecule has 1 heterocycles. The average molecular weight is 761 g/mol. The summed E-state index contributed by atoms with van der Waals surface area (Å²) in [6.07, 6.45) is 2.50. The molecule has 0 bridgehead atoms. The maximum Gasteiger partial charge on any atom is 0.338 e. The van der Waals surface area contributed by atoms with Crippen molar-refractivity contribution in [3.63, 3.8) is 0 Å². The first-order valence-electron chi connectivity index (χ1n) is 17.0. The van der Waals surface area contributed by atoms with Gasteiger partial charge < -0.3 is 47.3 Å². The molecule has 2 aromatic rings. The van der Waals surface area contributed by atoms with Crippen LogP contribution in [0.2, 0.25) is 0 Å². The number of carboxylic acid groups (broad SMARTS) is 2. The quantitative estimate of drug-likeness (QED) is 0.0206. The maximum absolute atomic E-state index is 13.9. The molecular weight excluding hydrogens is 710 g/mol. The summed E-state index contributed by atoms with van der Waals surface area (Å²) in [5.74, 6) is -6.80. The number of nitrogens with one attached hydrogen (secondary N) is 8. The van der Waals surface area contributed by atoms with Crippen LogP contribution in [0.1, 0.15) is 50.3 Å². The number of carboxylic acids is 2. The highest BCUT2D eigenvalue weighted by molar-refractivity contribution is 5.96. The Labute approximate surface area is 309 Å². The van der Waals surface area contributed by atoms with Gasteiger partial charge in [0.15, 0.2) is 6.04 Å². The number of rotatable bonds is 24. The number of aliphatic carboxylic acids is 2. The topological polar surface area (TPSA) is 361 Å². The van der Waals surface area contributed by atoms with E-state index in [2.05, 4.69) is 47.3 Å². The highest BCUT2D eigenvalue weighted by Gasteiger charge is 2.32. The molecule has 0 radical (unpaired) electrons. The zero-order chi connectivity index (χ0) is 40.2. The van der Waals surface area contributed by atoms with Crippen LogP contribution < -0.4 is 53.8 Å². The van der Waals surface area contributed by atoms with E-state index in [1.165, 1.54) is 13.3 Å². The molecule has 21 heteroatoms. The van der Waals surface area contributed by atoms with E-state index < -0.39 is 97.0 Å². The second-order valence-electron chi connectivity index (χ2n) is 12.4. The molecule has 0 unspecified atom stereocenters. The molecule has 0 aliphatic heterocycles. The fourth-order valence-corrected chi connectivity index (χ4v) is 5.03. The Morgan fingerprint density at radius 1 is 0.833 bits per heavy atom. The Morgan fingerprint density at radius 2 is 1.44 bits per heavy atom. The SMILES string of the molecule is C[C@H](NC(=O)[C@@H]([NH3+])CC(=O)O)C(=O)N[C@@H](CCC(=O)O)C(=O)N[C@@H](Cc1ccccc1)C(=O)N[C@@H](CCC[NH+]=C(N)N)C(=O)N[C@H](C=O)Cc1c[nH+]c[nH]1. The molecule has 0 saturated carbocycles. The number of hydrogen-bond acceptors (Lipinski definition) is 8. The van der Waals surface area contributed by atoms with Gasteiger partial charge in [-0.2, -0.15) is 0 Å². The number of quaternary nitrogens is 1. The number of hydrogen-bond donors (Lipinski definition) is 12. The number of benzene rings is 1. The molecule has 0 aliphatic rings. The van der Waals surface area contributed by atoms with Crippen LogP contribution >= 0.6 is 0 Å². The number of nitrogens with two attached hydrogens (primary N) is 2. The van der Waals surface area contributed by atoms with Crippen LogP contribution in [0.4, 0.5) is 0 Å². The van der Waals surface area contributed by atoms with E-state index in [0.29, 0.717) is 17.5 Å². The molecule has 21 nitrogen and oxygen atoms in total. The molecule has 294 valence electrons. The van der Waals surface area contributed by atoms with Crippen LogP contribution in [-0.4, -0.2) is 112 Å². The van der Waals surface area contributed by atoms with Gasteiger partial charge in [0.25, 0.3) is 5.91 Å². The molecule has 2 rings (SSSR count). The molecule has 6 atom stereocenters. The molecule has 0 fully saturated rings. The van der Waals surface area contributed by atoms with Crippen LogP contribution in [0.25, 0.3) is 0 Å². The van der Waals surface area contributed by atoms with E-state index in [0.717, 1.165) is 0 Å². The lowest BCUT2D eigenvalue weighted by atomic mass is 10.0. The van der Waals surface area contributed by atoms with Crippen molar-refractivity contribution in [2.75, 3.05) is 6.54 Å². The van der Waals surface area contributed by atoms with Gasteiger partial charge in [-0.1, -0.05) is 30.3 Å². The summed E-state index contributed by atoms with van der Waals surface area (Å²) in [4.78, 5) is 109. The van der Waals surface area contributed by atoms with Gasteiger partial charge in [0.1, 0.15) is 48.8 Å². The van der Waals surface area contributed by atoms with E-state index in [1.54, 1.807) is 36.5 Å². The molecule has 0 spiro atoms. The van der Waals surface area contributed by atoms with Crippen LogP contribution in [0, 0.1) is 0 Å². The van der Waals surface area contributed by atoms with Crippen molar-refractivity contribution >= 4 is 53.7 Å². The van der Waals surface area contributed by atoms with Gasteiger partial charge in [0, 0.05) is 19.3 Å². The molecule has 0 aliphatic carbocycles. The van der Waals surface area contributed by atoms with Gasteiger partial charge in [-0.05, 0) is 31.7 Å². The molecule has 5 amide bonds. The molecular formula is C33H50N11O10+3. The third-order valence-electron chi connectivity index (χ3n) is 7.90. The van der Waals surface area contributed by atoms with Crippen LogP contribution in [0.3, 0.4) is 0 Å². The molecule has 1 aromatic carbocycles. The molecule has 54 heavy (non-hydrogen) atoms. The second-order valence-corrected chi connectivity index (χ2v) is 12.4. The van der Waals surface area contributed by atoms with Crippen molar-refractivity contribution < 1.29 is 64.3 Å². The third-order valence-corrected chi connectivity index (χ3v) is 7.90. The van der Waals surface area contributed by atoms with E-state index in [4.69, 9.17) is 16.6 Å². The van der Waals surface area contributed by atoms with E-state index >= 15 is 0 Å². The zero-order valence-corrected chi connectivity index (χ0v) is 29.8. The Kier molecular flexibility index (Phi) is 18.3. The van der Waals surface area contributed by atoms with Crippen molar-refractivity contribution in [1.82, 2.24) is 31.6 Å². The minimum absolute atomic E-state index is 0.0488. The molecule has 1 aromatic heterocycles. The summed E-state index contributed by atoms with van der Waals surface area (Å²) in [6, 6.07) is 0.985. The van der Waals surface area contributed by atoms with Gasteiger partial charge in [0.05, 0.1) is 12.6 Å². The lowest BCUT2D eigenvalue weighted by molar-refractivity contribution is -0.459. The summed E-state index contributed by atoms with van der Waals surface area (Å²) < 4.78 is 0. The Hall–Kier alpha value is -6.38. The average Bonchev–Trinajstić information content (AvgIpc) is 3.63. The Balaban J connectivity index is 2.32. The third kappa shape index (κ3) is 16.3. The summed E-state index contributed by atoms with van der Waals surface area (Å²) in [6.45, 7) is 1.51. The van der Waals surface area contributed by atoms with E-state index in [1.807, 2.05) is 0 Å². The van der Waals surface area contributed by atoms with Gasteiger partial charge in [-0.25, -0.2) is 4.98 Å². The van der Waals surface area contributed by atoms with Crippen molar-refractivity contribution in [2.24, 2.45) is 11.5 Å². The highest BCUT2D eigenvalue weighted by atomic mass is 16.4. The summed E-state index contributed by atoms with van der Waals surface area (Å²) in [5.41, 5.74) is 15.6. The van der Waals surface area contributed by atoms with Crippen LogP contribution in [0.15, 0.2) is 42.9 Å². The predicted molar refractivity (Wildman–Crippen MR) is 187 cm³/mol. The number of carbonyl (C=O) groups excluding carboxylic acids is 6. The standard InChI is InChI=1S/C33H47N11O10/c1-18(40-29(51)22(34)14-27(48)49)28(50)42-24(9-10-26(46)47)31(53)44-25(12-19-6-3-2-4-7-19)32(54)43-23(8-5-11-38-33(35)36)30(52)41-21(16-45)13-20-15-37-17-39-20/h2-4,6-7,15-18,21-25H,5,8-14,34H2,1H3,(H,37,39)(H,40,51)(H,41,52)(H,42,50)(H,43,54)(H,44,53)(H,46,47)(H,48,49)(H4,35,36,38)/p+3/t18-,21-,22-,23-,24-,25-/m0/s1. The number of carbonyl (C=O) groups is 8. The number of aldehydes is 1. The number of aromatic nitrogens is 2. The van der Waals surface area contributed by atoms with Crippen molar-refractivity contribution in [3.05, 3.63) is 54.1 Å². The molecule has 17 N–H and O–H groups in total. The minimum Gasteiger partial charge on any atom is -0.481 e. The van der Waals surface area contributed by atoms with Crippen LogP contribution in [-0.2, 0) is 51.2 Å². The van der Waals surface area contributed by atoms with Gasteiger partial charge in [-0.3, -0.25) is 55.0 Å². The fourth-order valence-electron chi connectivity index (χ4n) is 5.03. The first-order valence-corrected chi connectivity index (χ1v) is 17.0. The Morgan fingerprint density at radius 3 is 2.04 bits per heavy atom. The minimum atomic E-state index is -1.50. The van der Waals surface area contributed by atoms with Crippen LogP contribution in [0.5, 0.6) is 0 Å². The van der Waals surface area contributed by atoms with Gasteiger partial charge in [-0.15, -0.1) is 0 Å². The number of amides is 5. The number of guanidine groups is 1. The van der Waals surface area contributed by atoms with E-state index in [9.17, 15) is 43.5 Å². The smallest absolute Gasteiger partial charge is 0.338 e. The summed E-state index contributed by atoms with van der Waals surface area (Å²) in [5, 5.41) is 30.8. The second kappa shape index (κ2) is 22.5. The summed E-state index contributed by atoms with van der Waals surface area (Å²) >= 11 is 0. The number of H-pyrrole nitrogens is 2. The van der Waals surface area contributed by atoms with Crippen molar-refractivity contribution in [2.45, 2.75) is 88.1 Å². The predicted octanol–water partition coefficient (Wildman–Crippen LogP) is -6.66. The zero-order valence-electron chi connectivity index (χ0n) is 29.8. The number of aromatic amines is 2. The highest BCUT2D eigenvalue weighted by Crippen LogP contribution is 2.08. The lowest BCUT2D eigenvalue weighted by Gasteiger charge is -2.26. The monoisotopic (exact) mass is 760 g/mol. The largest absolute Gasteiger partial charge is 0.481 e. The van der Waals surface area contributed by atoms with Crippen molar-refractivity contribution in [1.29, 1.82) is 0 Å². The van der Waals surface area contributed by atoms with Gasteiger partial charge >= 0.3 is 17.9 Å². The lowest BCUT2D eigenvalue weighted by Crippen LogP contribution is -2.78. The van der Waals surface area contributed by atoms with Crippen molar-refractivity contribution in [3.8, 4) is 0 Å². The normalized spacial score (nSPS) is 14.0. The Bertz CT molecular complexity index is 1620. The van der Waals surface area contributed by atoms with Gasteiger partial charge in [0.2, 0.25) is 30.0 Å². The molecule has 0 saturated heterocycles.